The molecule has 0 aliphatic rings. The van der Waals surface area contributed by atoms with Crippen LogP contribution in [0.15, 0.2) is 18.6 Å². The minimum atomic E-state index is 0.448. The summed E-state index contributed by atoms with van der Waals surface area (Å²) in [4.78, 5) is 8.61. The molecule has 0 aliphatic carbocycles. The number of fused-ring (bicyclic) bond motifs is 1. The van der Waals surface area contributed by atoms with Crippen LogP contribution in [0.4, 0.5) is 5.82 Å². The van der Waals surface area contributed by atoms with Crippen molar-refractivity contribution in [3.05, 3.63) is 18.6 Å². The Kier molecular flexibility index (Phi) is 4.02. The second kappa shape index (κ2) is 5.92. The first-order valence-electron chi connectivity index (χ1n) is 5.99. The van der Waals surface area contributed by atoms with Gasteiger partial charge in [0.05, 0.1) is 6.20 Å². The van der Waals surface area contributed by atoms with Crippen LogP contribution in [-0.2, 0) is 0 Å². The van der Waals surface area contributed by atoms with E-state index in [4.69, 9.17) is 11.2 Å². The van der Waals surface area contributed by atoms with E-state index in [1.165, 1.54) is 0 Å². The first-order valence-corrected chi connectivity index (χ1v) is 5.99. The highest BCUT2D eigenvalue weighted by atomic mass is 16.5. The van der Waals surface area contributed by atoms with Crippen molar-refractivity contribution in [2.75, 3.05) is 18.5 Å². The number of ether oxygens (including phenoxy) is 1. The monoisotopic (exact) mass is 244 g/mol. The van der Waals surface area contributed by atoms with Gasteiger partial charge >= 0.3 is 0 Å². The number of anilines is 1. The van der Waals surface area contributed by atoms with Crippen molar-refractivity contribution >= 4 is 11.5 Å². The SMILES string of the molecule is C#CCCOc1nc(NCCC)cn2ccnc12. The molecule has 0 saturated carbocycles. The molecule has 0 bridgehead atoms. The molecule has 2 aromatic rings. The van der Waals surface area contributed by atoms with Gasteiger partial charge in [-0.3, -0.25) is 4.40 Å². The van der Waals surface area contributed by atoms with Gasteiger partial charge < -0.3 is 10.1 Å². The van der Waals surface area contributed by atoms with Gasteiger partial charge in [-0.2, -0.15) is 4.98 Å². The van der Waals surface area contributed by atoms with Gasteiger partial charge in [-0.15, -0.1) is 12.3 Å². The van der Waals surface area contributed by atoms with Crippen LogP contribution in [0.5, 0.6) is 5.88 Å². The highest BCUT2D eigenvalue weighted by Gasteiger charge is 2.08. The van der Waals surface area contributed by atoms with Crippen LogP contribution in [0.1, 0.15) is 19.8 Å². The molecule has 2 rings (SSSR count). The number of nitrogens with one attached hydrogen (secondary N) is 1. The lowest BCUT2D eigenvalue weighted by molar-refractivity contribution is 0.317. The smallest absolute Gasteiger partial charge is 0.260 e. The minimum Gasteiger partial charge on any atom is -0.474 e. The van der Waals surface area contributed by atoms with Crippen LogP contribution < -0.4 is 10.1 Å². The first-order chi connectivity index (χ1) is 8.85. The molecular weight excluding hydrogens is 228 g/mol. The van der Waals surface area contributed by atoms with Crippen LogP contribution in [0.2, 0.25) is 0 Å². The second-order valence-electron chi connectivity index (χ2n) is 3.82. The Bertz CT molecular complexity index is 556. The van der Waals surface area contributed by atoms with Crippen LogP contribution in [0, 0.1) is 12.3 Å². The summed E-state index contributed by atoms with van der Waals surface area (Å²) in [5.41, 5.74) is 0.703. The molecule has 2 aromatic heterocycles. The van der Waals surface area contributed by atoms with E-state index in [1.807, 2.05) is 16.8 Å². The number of nitrogens with zero attached hydrogens (tertiary/aromatic N) is 3. The average Bonchev–Trinajstić information content (AvgIpc) is 2.85. The average molecular weight is 244 g/mol. The predicted molar refractivity (Wildman–Crippen MR) is 70.7 cm³/mol. The van der Waals surface area contributed by atoms with E-state index in [9.17, 15) is 0 Å². The van der Waals surface area contributed by atoms with Crippen LogP contribution in [-0.4, -0.2) is 27.5 Å². The molecule has 2 heterocycles. The van der Waals surface area contributed by atoms with Crippen molar-refractivity contribution < 1.29 is 4.74 Å². The molecule has 0 amide bonds. The quantitative estimate of drug-likeness (QED) is 0.623. The molecule has 0 radical (unpaired) electrons. The zero-order valence-corrected chi connectivity index (χ0v) is 10.4. The van der Waals surface area contributed by atoms with E-state index in [-0.39, 0.29) is 0 Å². The van der Waals surface area contributed by atoms with Crippen LogP contribution in [0.25, 0.3) is 5.65 Å². The Morgan fingerprint density at radius 3 is 3.22 bits per heavy atom. The maximum Gasteiger partial charge on any atom is 0.260 e. The van der Waals surface area contributed by atoms with Gasteiger partial charge in [0.1, 0.15) is 12.4 Å². The van der Waals surface area contributed by atoms with Crippen molar-refractivity contribution in [3.63, 3.8) is 0 Å². The third-order valence-corrected chi connectivity index (χ3v) is 2.38. The number of aromatic nitrogens is 3. The summed E-state index contributed by atoms with van der Waals surface area (Å²) in [7, 11) is 0. The van der Waals surface area contributed by atoms with E-state index in [0.29, 0.717) is 24.6 Å². The largest absolute Gasteiger partial charge is 0.474 e. The molecule has 0 unspecified atom stereocenters. The Balaban J connectivity index is 2.24. The molecule has 0 fully saturated rings. The highest BCUT2D eigenvalue weighted by Crippen LogP contribution is 2.18. The number of hydrogen-bond acceptors (Lipinski definition) is 4. The summed E-state index contributed by atoms with van der Waals surface area (Å²) in [6, 6.07) is 0. The summed E-state index contributed by atoms with van der Waals surface area (Å²) in [6.45, 7) is 3.42. The maximum absolute atomic E-state index is 5.56. The Morgan fingerprint density at radius 1 is 1.56 bits per heavy atom. The van der Waals surface area contributed by atoms with Gasteiger partial charge in [0.2, 0.25) is 5.65 Å². The molecule has 94 valence electrons. The minimum absolute atomic E-state index is 0.448. The van der Waals surface area contributed by atoms with Gasteiger partial charge in [0.25, 0.3) is 5.88 Å². The normalized spacial score (nSPS) is 10.2. The summed E-state index contributed by atoms with van der Waals surface area (Å²) >= 11 is 0. The predicted octanol–water partition coefficient (Wildman–Crippen LogP) is 1.95. The number of hydrogen-bond donors (Lipinski definition) is 1. The summed E-state index contributed by atoms with van der Waals surface area (Å²) < 4.78 is 7.45. The van der Waals surface area contributed by atoms with Gasteiger partial charge in [0, 0.05) is 25.4 Å². The third kappa shape index (κ3) is 2.72. The molecule has 5 heteroatoms. The Hall–Kier alpha value is -2.22. The van der Waals surface area contributed by atoms with Crippen molar-refractivity contribution in [2.45, 2.75) is 19.8 Å². The van der Waals surface area contributed by atoms with E-state index < -0.39 is 0 Å². The molecule has 0 spiro atoms. The highest BCUT2D eigenvalue weighted by molar-refractivity contribution is 5.53. The van der Waals surface area contributed by atoms with Crippen molar-refractivity contribution in [1.82, 2.24) is 14.4 Å². The zero-order valence-electron chi connectivity index (χ0n) is 10.4. The van der Waals surface area contributed by atoms with Crippen LogP contribution in [0.3, 0.4) is 0 Å². The fourth-order valence-corrected chi connectivity index (χ4v) is 1.54. The van der Waals surface area contributed by atoms with E-state index in [1.54, 1.807) is 6.20 Å². The molecule has 1 N–H and O–H groups in total. The lowest BCUT2D eigenvalue weighted by atomic mass is 10.4. The fourth-order valence-electron chi connectivity index (χ4n) is 1.54. The maximum atomic E-state index is 5.56. The van der Waals surface area contributed by atoms with Gasteiger partial charge in [-0.25, -0.2) is 4.98 Å². The van der Waals surface area contributed by atoms with Gasteiger partial charge in [-0.05, 0) is 6.42 Å². The summed E-state index contributed by atoms with van der Waals surface area (Å²) in [6.07, 6.45) is 12.3. The lowest BCUT2D eigenvalue weighted by Gasteiger charge is -2.09. The third-order valence-electron chi connectivity index (χ3n) is 2.38. The number of imidazole rings is 1. The lowest BCUT2D eigenvalue weighted by Crippen LogP contribution is -2.06. The van der Waals surface area contributed by atoms with Crippen molar-refractivity contribution in [2.24, 2.45) is 0 Å². The molecule has 0 atom stereocenters. The van der Waals surface area contributed by atoms with Gasteiger partial charge in [0.15, 0.2) is 0 Å². The zero-order chi connectivity index (χ0) is 12.8. The topological polar surface area (TPSA) is 51.5 Å². The standard InChI is InChI=1S/C13H16N4O/c1-3-5-9-18-13-12-15-7-8-17(12)10-11(16-13)14-6-4-2/h1,7-8,10,14H,4-6,9H2,2H3. The molecule has 5 nitrogen and oxygen atoms in total. The molecule has 0 aliphatic heterocycles. The van der Waals surface area contributed by atoms with Gasteiger partial charge in [-0.1, -0.05) is 6.92 Å². The van der Waals surface area contributed by atoms with Crippen LogP contribution >= 0.6 is 0 Å². The summed E-state index contributed by atoms with van der Waals surface area (Å²) in [5.74, 6) is 3.82. The Morgan fingerprint density at radius 2 is 2.44 bits per heavy atom. The Labute approximate surface area is 106 Å². The van der Waals surface area contributed by atoms with E-state index in [0.717, 1.165) is 18.8 Å². The molecular formula is C13H16N4O. The van der Waals surface area contributed by atoms with E-state index >= 15 is 0 Å². The number of rotatable bonds is 6. The van der Waals surface area contributed by atoms with Crippen molar-refractivity contribution in [1.29, 1.82) is 0 Å². The number of terminal acetylenes is 1. The first kappa shape index (κ1) is 12.2. The molecule has 0 aromatic carbocycles. The second-order valence-corrected chi connectivity index (χ2v) is 3.82. The fraction of sp³-hybridized carbons (Fsp3) is 0.385. The molecule has 18 heavy (non-hydrogen) atoms. The van der Waals surface area contributed by atoms with Crippen molar-refractivity contribution in [3.8, 4) is 18.2 Å². The summed E-state index contributed by atoms with van der Waals surface area (Å²) in [5, 5.41) is 3.23. The van der Waals surface area contributed by atoms with E-state index in [2.05, 4.69) is 28.1 Å². The molecule has 0 saturated heterocycles.